The number of hydrogen-bond donors (Lipinski definition) is 1. The lowest BCUT2D eigenvalue weighted by Gasteiger charge is -2.57. The van der Waals surface area contributed by atoms with Crippen LogP contribution >= 0.6 is 0 Å². The molecule has 0 saturated heterocycles. The molecule has 6 heteroatoms. The van der Waals surface area contributed by atoms with E-state index in [0.717, 1.165) is 42.6 Å². The Morgan fingerprint density at radius 2 is 1.45 bits per heavy atom. The smallest absolute Gasteiger partial charge is 0.308 e. The Balaban J connectivity index is 1.51. The van der Waals surface area contributed by atoms with E-state index < -0.39 is 17.9 Å². The normalized spacial score (nSPS) is 30.5. The van der Waals surface area contributed by atoms with Gasteiger partial charge in [0.2, 0.25) is 5.91 Å². The highest BCUT2D eigenvalue weighted by Crippen LogP contribution is 2.55. The number of carbonyl (C=O) groups excluding carboxylic acids is 3. The third-order valence-corrected chi connectivity index (χ3v) is 6.80. The molecule has 4 aliphatic carbocycles. The Kier molecular flexibility index (Phi) is 5.13. The van der Waals surface area contributed by atoms with E-state index in [1.165, 1.54) is 33.1 Å². The highest BCUT2D eigenvalue weighted by atomic mass is 16.6. The zero-order chi connectivity index (χ0) is 20.8. The molecule has 1 N–H and O–H groups in total. The van der Waals surface area contributed by atoms with Crippen LogP contribution in [0.1, 0.15) is 70.8 Å². The van der Waals surface area contributed by atoms with Crippen molar-refractivity contribution in [3.8, 4) is 11.5 Å². The van der Waals surface area contributed by atoms with Crippen molar-refractivity contribution >= 4 is 17.8 Å². The first-order chi connectivity index (χ1) is 13.7. The van der Waals surface area contributed by atoms with Gasteiger partial charge in [0.05, 0.1) is 5.92 Å². The molecule has 4 aliphatic rings. The molecule has 5 rings (SSSR count). The topological polar surface area (TPSA) is 81.7 Å². The summed E-state index contributed by atoms with van der Waals surface area (Å²) in [7, 11) is 0. The SMILES string of the molecule is CC(=O)Oc1ccc(C(C)C(=O)NC23CC4CC(CC(C4)C2)C3)cc1OC(C)=O. The van der Waals surface area contributed by atoms with Crippen molar-refractivity contribution < 1.29 is 23.9 Å². The molecule has 4 fully saturated rings. The summed E-state index contributed by atoms with van der Waals surface area (Å²) in [5.74, 6) is 1.19. The summed E-state index contributed by atoms with van der Waals surface area (Å²) in [6.07, 6.45) is 7.28. The maximum Gasteiger partial charge on any atom is 0.308 e. The molecule has 156 valence electrons. The van der Waals surface area contributed by atoms with Crippen LogP contribution in [-0.4, -0.2) is 23.4 Å². The van der Waals surface area contributed by atoms with Crippen molar-refractivity contribution in [1.29, 1.82) is 0 Å². The van der Waals surface area contributed by atoms with Crippen molar-refractivity contribution in [1.82, 2.24) is 5.32 Å². The van der Waals surface area contributed by atoms with Gasteiger partial charge in [-0.05, 0) is 80.9 Å². The number of esters is 2. The molecule has 29 heavy (non-hydrogen) atoms. The second kappa shape index (κ2) is 7.47. The maximum atomic E-state index is 13.1. The zero-order valence-electron chi connectivity index (χ0n) is 17.3. The van der Waals surface area contributed by atoms with E-state index in [2.05, 4.69) is 5.32 Å². The molecule has 1 unspecified atom stereocenters. The highest BCUT2D eigenvalue weighted by molar-refractivity contribution is 5.84. The second-order valence-corrected chi connectivity index (χ2v) is 9.30. The Hall–Kier alpha value is -2.37. The molecule has 4 bridgehead atoms. The maximum absolute atomic E-state index is 13.1. The molecule has 6 nitrogen and oxygen atoms in total. The van der Waals surface area contributed by atoms with E-state index in [1.807, 2.05) is 6.92 Å². The highest BCUT2D eigenvalue weighted by Gasteiger charge is 2.51. The number of amides is 1. The van der Waals surface area contributed by atoms with Gasteiger partial charge in [-0.15, -0.1) is 0 Å². The predicted molar refractivity (Wildman–Crippen MR) is 107 cm³/mol. The van der Waals surface area contributed by atoms with Crippen LogP contribution in [0.4, 0.5) is 0 Å². The van der Waals surface area contributed by atoms with Crippen molar-refractivity contribution in [3.63, 3.8) is 0 Å². The first kappa shape index (κ1) is 19.9. The summed E-state index contributed by atoms with van der Waals surface area (Å²) < 4.78 is 10.3. The zero-order valence-corrected chi connectivity index (χ0v) is 17.3. The molecule has 1 atom stereocenters. The summed E-state index contributed by atoms with van der Waals surface area (Å²) in [6, 6.07) is 4.93. The van der Waals surface area contributed by atoms with Gasteiger partial charge in [0.25, 0.3) is 0 Å². The van der Waals surface area contributed by atoms with Gasteiger partial charge in [0.1, 0.15) is 0 Å². The fourth-order valence-corrected chi connectivity index (χ4v) is 6.05. The van der Waals surface area contributed by atoms with E-state index in [-0.39, 0.29) is 22.9 Å². The van der Waals surface area contributed by atoms with E-state index in [9.17, 15) is 14.4 Å². The van der Waals surface area contributed by atoms with Crippen LogP contribution < -0.4 is 14.8 Å². The fraction of sp³-hybridized carbons (Fsp3) is 0.609. The van der Waals surface area contributed by atoms with Crippen LogP contribution in [0, 0.1) is 17.8 Å². The van der Waals surface area contributed by atoms with Gasteiger partial charge in [-0.1, -0.05) is 6.07 Å². The number of hydrogen-bond acceptors (Lipinski definition) is 5. The van der Waals surface area contributed by atoms with Crippen LogP contribution in [-0.2, 0) is 14.4 Å². The molecule has 4 saturated carbocycles. The summed E-state index contributed by atoms with van der Waals surface area (Å²) in [5.41, 5.74) is 0.676. The molecule has 1 aromatic carbocycles. The Bertz CT molecular complexity index is 810. The molecule has 0 radical (unpaired) electrons. The van der Waals surface area contributed by atoms with Crippen molar-refractivity contribution in [2.45, 2.75) is 70.8 Å². The van der Waals surface area contributed by atoms with Gasteiger partial charge in [0, 0.05) is 19.4 Å². The van der Waals surface area contributed by atoms with E-state index in [4.69, 9.17) is 9.47 Å². The number of carbonyl (C=O) groups is 3. The standard InChI is InChI=1S/C23H29NO5/c1-13(19-4-5-20(28-14(2)25)21(9-19)29-15(3)26)22(27)24-23-10-16-6-17(11-23)8-18(7-16)12-23/h4-5,9,13,16-18H,6-8,10-12H2,1-3H3,(H,24,27). The van der Waals surface area contributed by atoms with Gasteiger partial charge in [0.15, 0.2) is 11.5 Å². The van der Waals surface area contributed by atoms with Crippen molar-refractivity contribution in [2.24, 2.45) is 17.8 Å². The molecule has 1 aromatic rings. The molecular formula is C23H29NO5. The first-order valence-corrected chi connectivity index (χ1v) is 10.6. The van der Waals surface area contributed by atoms with Gasteiger partial charge in [-0.3, -0.25) is 14.4 Å². The van der Waals surface area contributed by atoms with E-state index in [0.29, 0.717) is 0 Å². The van der Waals surface area contributed by atoms with E-state index >= 15 is 0 Å². The van der Waals surface area contributed by atoms with Crippen molar-refractivity contribution in [2.75, 3.05) is 0 Å². The van der Waals surface area contributed by atoms with Crippen LogP contribution in [0.25, 0.3) is 0 Å². The van der Waals surface area contributed by atoms with Crippen molar-refractivity contribution in [3.05, 3.63) is 23.8 Å². The summed E-state index contributed by atoms with van der Waals surface area (Å²) in [5, 5.41) is 3.40. The van der Waals surface area contributed by atoms with Gasteiger partial charge < -0.3 is 14.8 Å². The number of benzene rings is 1. The third-order valence-electron chi connectivity index (χ3n) is 6.80. The van der Waals surface area contributed by atoms with Gasteiger partial charge in [-0.2, -0.15) is 0 Å². The lowest BCUT2D eigenvalue weighted by molar-refractivity contribution is -0.134. The van der Waals surface area contributed by atoms with E-state index in [1.54, 1.807) is 18.2 Å². The Morgan fingerprint density at radius 1 is 0.931 bits per heavy atom. The largest absolute Gasteiger partial charge is 0.423 e. The summed E-state index contributed by atoms with van der Waals surface area (Å²) in [4.78, 5) is 35.9. The Labute approximate surface area is 171 Å². The first-order valence-electron chi connectivity index (χ1n) is 10.6. The van der Waals surface area contributed by atoms with Crippen LogP contribution in [0.2, 0.25) is 0 Å². The fourth-order valence-electron chi connectivity index (χ4n) is 6.05. The lowest BCUT2D eigenvalue weighted by Crippen LogP contribution is -2.60. The monoisotopic (exact) mass is 399 g/mol. The second-order valence-electron chi connectivity index (χ2n) is 9.30. The molecular weight excluding hydrogens is 370 g/mol. The predicted octanol–water partition coefficient (Wildman–Crippen LogP) is 3.73. The minimum Gasteiger partial charge on any atom is -0.423 e. The average molecular weight is 399 g/mol. The lowest BCUT2D eigenvalue weighted by atomic mass is 9.53. The third kappa shape index (κ3) is 4.16. The van der Waals surface area contributed by atoms with Gasteiger partial charge in [-0.25, -0.2) is 0 Å². The minimum absolute atomic E-state index is 0.000890. The van der Waals surface area contributed by atoms with Gasteiger partial charge >= 0.3 is 11.9 Å². The van der Waals surface area contributed by atoms with Crippen LogP contribution in [0.5, 0.6) is 11.5 Å². The number of ether oxygens (including phenoxy) is 2. The number of rotatable bonds is 5. The number of nitrogens with one attached hydrogen (secondary N) is 1. The summed E-state index contributed by atoms with van der Waals surface area (Å²) >= 11 is 0. The quantitative estimate of drug-likeness (QED) is 0.603. The molecule has 0 aromatic heterocycles. The molecule has 0 spiro atoms. The molecule has 0 aliphatic heterocycles. The van der Waals surface area contributed by atoms with Crippen LogP contribution in [0.3, 0.4) is 0 Å². The minimum atomic E-state index is -0.513. The molecule has 0 heterocycles. The Morgan fingerprint density at radius 3 is 1.97 bits per heavy atom. The van der Waals surface area contributed by atoms with Crippen LogP contribution in [0.15, 0.2) is 18.2 Å². The average Bonchev–Trinajstić information content (AvgIpc) is 2.60. The molecule has 1 amide bonds. The summed E-state index contributed by atoms with van der Waals surface area (Å²) in [6.45, 7) is 4.43.